The lowest BCUT2D eigenvalue weighted by Crippen LogP contribution is -2.37. The van der Waals surface area contributed by atoms with Gasteiger partial charge in [0.1, 0.15) is 11.1 Å². The van der Waals surface area contributed by atoms with Crippen LogP contribution in [0.25, 0.3) is 17.0 Å². The summed E-state index contributed by atoms with van der Waals surface area (Å²) in [5.41, 5.74) is 1.71. The van der Waals surface area contributed by atoms with Crippen LogP contribution >= 0.6 is 0 Å². The molecule has 1 aliphatic heterocycles. The summed E-state index contributed by atoms with van der Waals surface area (Å²) in [5.74, 6) is -0.821. The van der Waals surface area contributed by atoms with E-state index in [1.807, 2.05) is 41.0 Å². The molecule has 0 radical (unpaired) electrons. The number of benzene rings is 1. The summed E-state index contributed by atoms with van der Waals surface area (Å²) >= 11 is 0. The SMILES string of the molecule is CC(=O)C1=C(O)c2ccc(-c3ccccc3)n2C2(CC2)C1=O. The maximum Gasteiger partial charge on any atom is 0.196 e. The summed E-state index contributed by atoms with van der Waals surface area (Å²) in [4.78, 5) is 24.5. The summed E-state index contributed by atoms with van der Waals surface area (Å²) in [7, 11) is 0. The van der Waals surface area contributed by atoms with E-state index in [0.29, 0.717) is 18.5 Å². The highest BCUT2D eigenvalue weighted by Crippen LogP contribution is 2.53. The minimum Gasteiger partial charge on any atom is -0.505 e. The van der Waals surface area contributed by atoms with Crippen LogP contribution in [0.3, 0.4) is 0 Å². The summed E-state index contributed by atoms with van der Waals surface area (Å²) in [6.45, 7) is 1.33. The van der Waals surface area contributed by atoms with E-state index in [-0.39, 0.29) is 22.9 Å². The normalized spacial score (nSPS) is 18.5. The van der Waals surface area contributed by atoms with Gasteiger partial charge in [-0.1, -0.05) is 30.3 Å². The van der Waals surface area contributed by atoms with Crippen molar-refractivity contribution in [1.29, 1.82) is 0 Å². The van der Waals surface area contributed by atoms with E-state index < -0.39 is 5.54 Å². The number of aliphatic hydroxyl groups excluding tert-OH is 1. The molecule has 2 aliphatic rings. The smallest absolute Gasteiger partial charge is 0.196 e. The maximum atomic E-state index is 12.7. The van der Waals surface area contributed by atoms with Crippen LogP contribution in [-0.4, -0.2) is 21.2 Å². The Morgan fingerprint density at radius 3 is 2.32 bits per heavy atom. The van der Waals surface area contributed by atoms with Crippen molar-refractivity contribution in [3.8, 4) is 11.3 Å². The number of carbonyl (C=O) groups is 2. The van der Waals surface area contributed by atoms with Crippen LogP contribution in [0.1, 0.15) is 25.5 Å². The number of rotatable bonds is 2. The molecule has 0 saturated heterocycles. The fourth-order valence-corrected chi connectivity index (χ4v) is 3.38. The van der Waals surface area contributed by atoms with Crippen molar-refractivity contribution >= 4 is 17.3 Å². The standard InChI is InChI=1S/C18H15NO3/c1-11(20)15-16(21)14-8-7-13(12-5-3-2-4-6-12)19(14)18(9-10-18)17(15)22/h2-8,21H,9-10H2,1H3. The maximum absolute atomic E-state index is 12.7. The van der Waals surface area contributed by atoms with E-state index in [4.69, 9.17) is 0 Å². The molecule has 4 rings (SSSR count). The van der Waals surface area contributed by atoms with Gasteiger partial charge in [0.15, 0.2) is 17.3 Å². The fraction of sp³-hybridized carbons (Fsp3) is 0.222. The van der Waals surface area contributed by atoms with Gasteiger partial charge in [-0.2, -0.15) is 0 Å². The van der Waals surface area contributed by atoms with Gasteiger partial charge in [0.2, 0.25) is 0 Å². The summed E-state index contributed by atoms with van der Waals surface area (Å²) in [6.07, 6.45) is 1.41. The highest BCUT2D eigenvalue weighted by molar-refractivity contribution is 6.27. The molecule has 1 saturated carbocycles. The topological polar surface area (TPSA) is 59.3 Å². The van der Waals surface area contributed by atoms with Gasteiger partial charge in [-0.3, -0.25) is 9.59 Å². The van der Waals surface area contributed by atoms with E-state index in [1.54, 1.807) is 6.07 Å². The van der Waals surface area contributed by atoms with Gasteiger partial charge >= 0.3 is 0 Å². The second-order valence-electron chi connectivity index (χ2n) is 5.95. The molecule has 110 valence electrons. The van der Waals surface area contributed by atoms with E-state index in [2.05, 4.69) is 0 Å². The number of nitrogens with zero attached hydrogens (tertiary/aromatic N) is 1. The number of aliphatic hydroxyl groups is 1. The monoisotopic (exact) mass is 293 g/mol. The minimum atomic E-state index is -0.683. The number of hydrogen-bond donors (Lipinski definition) is 1. The van der Waals surface area contributed by atoms with Crippen LogP contribution in [0.5, 0.6) is 0 Å². The quantitative estimate of drug-likeness (QED) is 0.866. The Labute approximate surface area is 127 Å². The Hall–Kier alpha value is -2.62. The van der Waals surface area contributed by atoms with Gasteiger partial charge < -0.3 is 9.67 Å². The number of fused-ring (bicyclic) bond motifs is 2. The second kappa shape index (κ2) is 4.19. The van der Waals surface area contributed by atoms with Gasteiger partial charge in [-0.25, -0.2) is 0 Å². The zero-order chi connectivity index (χ0) is 15.5. The van der Waals surface area contributed by atoms with E-state index >= 15 is 0 Å². The number of carbonyl (C=O) groups excluding carboxylic acids is 2. The molecule has 0 atom stereocenters. The van der Waals surface area contributed by atoms with Crippen molar-refractivity contribution in [3.05, 3.63) is 53.7 Å². The van der Waals surface area contributed by atoms with Crippen LogP contribution < -0.4 is 0 Å². The largest absolute Gasteiger partial charge is 0.505 e. The first kappa shape index (κ1) is 13.1. The van der Waals surface area contributed by atoms with E-state index in [9.17, 15) is 14.7 Å². The zero-order valence-electron chi connectivity index (χ0n) is 12.2. The lowest BCUT2D eigenvalue weighted by atomic mass is 9.92. The number of Topliss-reactive ketones (excluding diaryl/α,β-unsaturated/α-hetero) is 2. The predicted molar refractivity (Wildman–Crippen MR) is 82.3 cm³/mol. The van der Waals surface area contributed by atoms with Gasteiger partial charge in [0.25, 0.3) is 0 Å². The molecule has 0 unspecified atom stereocenters. The number of hydrogen-bond acceptors (Lipinski definition) is 3. The lowest BCUT2D eigenvalue weighted by Gasteiger charge is -2.28. The average molecular weight is 293 g/mol. The molecule has 1 spiro atoms. The van der Waals surface area contributed by atoms with E-state index in [1.165, 1.54) is 6.92 Å². The van der Waals surface area contributed by atoms with Crippen molar-refractivity contribution in [2.45, 2.75) is 25.3 Å². The zero-order valence-corrected chi connectivity index (χ0v) is 12.2. The molecule has 4 heteroatoms. The molecule has 1 aromatic heterocycles. The molecule has 1 aromatic carbocycles. The minimum absolute atomic E-state index is 0.0530. The van der Waals surface area contributed by atoms with Crippen molar-refractivity contribution in [1.82, 2.24) is 4.57 Å². The van der Waals surface area contributed by atoms with Gasteiger partial charge in [-0.05, 0) is 37.5 Å². The first-order chi connectivity index (χ1) is 10.6. The Balaban J connectivity index is 2.01. The highest BCUT2D eigenvalue weighted by Gasteiger charge is 2.57. The third kappa shape index (κ3) is 1.52. The highest BCUT2D eigenvalue weighted by atomic mass is 16.3. The molecule has 1 aliphatic carbocycles. The molecular weight excluding hydrogens is 278 g/mol. The summed E-state index contributed by atoms with van der Waals surface area (Å²) in [6, 6.07) is 13.5. The van der Waals surface area contributed by atoms with Gasteiger partial charge in [0, 0.05) is 5.69 Å². The lowest BCUT2D eigenvalue weighted by molar-refractivity contribution is -0.123. The third-order valence-electron chi connectivity index (χ3n) is 4.58. The molecule has 0 bridgehead atoms. The Morgan fingerprint density at radius 2 is 1.73 bits per heavy atom. The average Bonchev–Trinajstić information content (AvgIpc) is 3.17. The number of ketones is 2. The van der Waals surface area contributed by atoms with E-state index in [0.717, 1.165) is 11.3 Å². The summed E-state index contributed by atoms with van der Waals surface area (Å²) in [5, 5.41) is 10.4. The molecule has 2 heterocycles. The predicted octanol–water partition coefficient (Wildman–Crippen LogP) is 3.09. The van der Waals surface area contributed by atoms with Crippen molar-refractivity contribution in [2.24, 2.45) is 0 Å². The van der Waals surface area contributed by atoms with Gasteiger partial charge in [0.05, 0.1) is 5.69 Å². The van der Waals surface area contributed by atoms with Crippen LogP contribution in [-0.2, 0) is 15.1 Å². The second-order valence-corrected chi connectivity index (χ2v) is 5.95. The Morgan fingerprint density at radius 1 is 1.09 bits per heavy atom. The first-order valence-corrected chi connectivity index (χ1v) is 7.33. The van der Waals surface area contributed by atoms with Crippen molar-refractivity contribution in [3.63, 3.8) is 0 Å². The van der Waals surface area contributed by atoms with Crippen LogP contribution in [0.2, 0.25) is 0 Å². The van der Waals surface area contributed by atoms with Crippen LogP contribution in [0.15, 0.2) is 48.0 Å². The fourth-order valence-electron chi connectivity index (χ4n) is 3.38. The Bertz CT molecular complexity index is 838. The third-order valence-corrected chi connectivity index (χ3v) is 4.58. The van der Waals surface area contributed by atoms with Gasteiger partial charge in [-0.15, -0.1) is 0 Å². The molecule has 1 fully saturated rings. The molecule has 1 N–H and O–H groups in total. The van der Waals surface area contributed by atoms with Crippen LogP contribution in [0.4, 0.5) is 0 Å². The molecular formula is C18H15NO3. The molecule has 0 amide bonds. The molecule has 4 nitrogen and oxygen atoms in total. The van der Waals surface area contributed by atoms with Crippen molar-refractivity contribution in [2.75, 3.05) is 0 Å². The van der Waals surface area contributed by atoms with Crippen molar-refractivity contribution < 1.29 is 14.7 Å². The summed E-state index contributed by atoms with van der Waals surface area (Å²) < 4.78 is 1.91. The first-order valence-electron chi connectivity index (χ1n) is 7.33. The van der Waals surface area contributed by atoms with Crippen LogP contribution in [0, 0.1) is 0 Å². The molecule has 2 aromatic rings. The Kier molecular flexibility index (Phi) is 2.49. The number of allylic oxidation sites excluding steroid dienone is 1. The molecule has 22 heavy (non-hydrogen) atoms. The number of aromatic nitrogens is 1.